The van der Waals surface area contributed by atoms with E-state index in [4.69, 9.17) is 16.3 Å². The molecule has 0 unspecified atom stereocenters. The molecule has 1 aromatic heterocycles. The van der Waals surface area contributed by atoms with Crippen molar-refractivity contribution in [3.63, 3.8) is 0 Å². The van der Waals surface area contributed by atoms with Gasteiger partial charge in [0.2, 0.25) is 0 Å². The maximum absolute atomic E-state index is 11.9. The van der Waals surface area contributed by atoms with Gasteiger partial charge in [0.1, 0.15) is 5.15 Å². The topological polar surface area (TPSA) is 39.2 Å². The van der Waals surface area contributed by atoms with Gasteiger partial charge in [-0.25, -0.2) is 9.78 Å². The highest BCUT2D eigenvalue weighted by Crippen LogP contribution is 2.32. The van der Waals surface area contributed by atoms with Gasteiger partial charge in [0.25, 0.3) is 0 Å². The molecule has 1 aromatic carbocycles. The number of hydrogen-bond acceptors (Lipinski definition) is 3. The molecule has 0 aliphatic heterocycles. The monoisotopic (exact) mass is 339 g/mol. The van der Waals surface area contributed by atoms with Gasteiger partial charge in [-0.15, -0.1) is 0 Å². The van der Waals surface area contributed by atoms with E-state index in [0.29, 0.717) is 11.1 Å². The molecule has 0 aliphatic rings. The van der Waals surface area contributed by atoms with Gasteiger partial charge in [0, 0.05) is 16.2 Å². The molecule has 98 valence electrons. The van der Waals surface area contributed by atoms with Gasteiger partial charge >= 0.3 is 5.97 Å². The van der Waals surface area contributed by atoms with Crippen LogP contribution in [-0.2, 0) is 4.74 Å². The molecule has 3 nitrogen and oxygen atoms in total. The fraction of sp³-hybridized carbons (Fsp3) is 0.143. The third-order valence-corrected chi connectivity index (χ3v) is 3.56. The normalized spacial score (nSPS) is 10.3. The second kappa shape index (κ2) is 5.72. The summed E-state index contributed by atoms with van der Waals surface area (Å²) in [5, 5.41) is 0.285. The fourth-order valence-electron chi connectivity index (χ4n) is 1.83. The van der Waals surface area contributed by atoms with Crippen LogP contribution in [0.15, 0.2) is 34.9 Å². The number of aromatic nitrogens is 1. The van der Waals surface area contributed by atoms with Crippen LogP contribution in [0.2, 0.25) is 5.15 Å². The number of aryl methyl sites for hydroxylation is 1. The summed E-state index contributed by atoms with van der Waals surface area (Å²) in [6.07, 6.45) is 1.57. The van der Waals surface area contributed by atoms with Crippen LogP contribution < -0.4 is 0 Å². The Morgan fingerprint density at radius 3 is 2.53 bits per heavy atom. The molecule has 0 saturated heterocycles. The second-order valence-electron chi connectivity index (χ2n) is 3.98. The number of benzene rings is 1. The van der Waals surface area contributed by atoms with Crippen LogP contribution >= 0.6 is 27.5 Å². The first-order valence-electron chi connectivity index (χ1n) is 5.54. The van der Waals surface area contributed by atoms with Crippen molar-refractivity contribution < 1.29 is 9.53 Å². The van der Waals surface area contributed by atoms with Crippen LogP contribution in [0.25, 0.3) is 11.1 Å². The minimum atomic E-state index is -0.417. The number of carbonyl (C=O) groups excluding carboxylic acids is 1. The molecule has 0 N–H and O–H groups in total. The molecule has 5 heteroatoms. The Kier molecular flexibility index (Phi) is 4.22. The van der Waals surface area contributed by atoms with E-state index < -0.39 is 5.97 Å². The van der Waals surface area contributed by atoms with Crippen molar-refractivity contribution in [2.75, 3.05) is 7.11 Å². The summed E-state index contributed by atoms with van der Waals surface area (Å²) in [6.45, 7) is 1.80. The fourth-order valence-corrected chi connectivity index (χ4v) is 2.34. The molecule has 0 fully saturated rings. The Balaban J connectivity index is 2.70. The Hall–Kier alpha value is -1.39. The molecule has 0 radical (unpaired) electrons. The highest BCUT2D eigenvalue weighted by Gasteiger charge is 2.20. The molecule has 0 aliphatic carbocycles. The van der Waals surface area contributed by atoms with E-state index in [9.17, 15) is 4.79 Å². The quantitative estimate of drug-likeness (QED) is 0.606. The standard InChI is InChI=1S/C14H11BrClNO2/c1-8-7-17-13(16)12(11(8)14(18)19-2)9-3-5-10(15)6-4-9/h3-7H,1-2H3. The van der Waals surface area contributed by atoms with Crippen molar-refractivity contribution in [1.82, 2.24) is 4.98 Å². The lowest BCUT2D eigenvalue weighted by atomic mass is 9.99. The minimum Gasteiger partial charge on any atom is -0.465 e. The molecule has 0 amide bonds. The Morgan fingerprint density at radius 1 is 1.32 bits per heavy atom. The maximum atomic E-state index is 11.9. The zero-order valence-electron chi connectivity index (χ0n) is 10.4. The number of nitrogens with zero attached hydrogens (tertiary/aromatic N) is 1. The number of ether oxygens (including phenoxy) is 1. The van der Waals surface area contributed by atoms with Gasteiger partial charge in [-0.3, -0.25) is 0 Å². The van der Waals surface area contributed by atoms with E-state index in [1.54, 1.807) is 13.1 Å². The first-order valence-corrected chi connectivity index (χ1v) is 6.71. The van der Waals surface area contributed by atoms with E-state index in [-0.39, 0.29) is 5.15 Å². The number of pyridine rings is 1. The average Bonchev–Trinajstić information content (AvgIpc) is 2.41. The van der Waals surface area contributed by atoms with Crippen LogP contribution in [0.4, 0.5) is 0 Å². The molecule has 2 aromatic rings. The van der Waals surface area contributed by atoms with Gasteiger partial charge in [-0.1, -0.05) is 39.7 Å². The van der Waals surface area contributed by atoms with Crippen LogP contribution in [-0.4, -0.2) is 18.1 Å². The van der Waals surface area contributed by atoms with Crippen LogP contribution in [0, 0.1) is 6.92 Å². The third-order valence-electron chi connectivity index (χ3n) is 2.74. The number of methoxy groups -OCH3 is 1. The van der Waals surface area contributed by atoms with E-state index in [1.165, 1.54) is 7.11 Å². The highest BCUT2D eigenvalue weighted by molar-refractivity contribution is 9.10. The molecule has 0 bridgehead atoms. The predicted molar refractivity (Wildman–Crippen MR) is 78.5 cm³/mol. The minimum absolute atomic E-state index is 0.285. The van der Waals surface area contributed by atoms with E-state index in [1.807, 2.05) is 24.3 Å². The molecule has 0 saturated carbocycles. The second-order valence-corrected chi connectivity index (χ2v) is 5.25. The summed E-state index contributed by atoms with van der Waals surface area (Å²) in [5.74, 6) is -0.417. The van der Waals surface area contributed by atoms with Gasteiger partial charge in [0.05, 0.1) is 12.7 Å². The largest absolute Gasteiger partial charge is 0.465 e. The van der Waals surface area contributed by atoms with Crippen molar-refractivity contribution in [2.24, 2.45) is 0 Å². The van der Waals surface area contributed by atoms with Crippen molar-refractivity contribution in [2.45, 2.75) is 6.92 Å². The van der Waals surface area contributed by atoms with E-state index in [2.05, 4.69) is 20.9 Å². The van der Waals surface area contributed by atoms with Crippen molar-refractivity contribution >= 4 is 33.5 Å². The van der Waals surface area contributed by atoms with E-state index >= 15 is 0 Å². The highest BCUT2D eigenvalue weighted by atomic mass is 79.9. The number of hydrogen-bond donors (Lipinski definition) is 0. The lowest BCUT2D eigenvalue weighted by molar-refractivity contribution is 0.0600. The lowest BCUT2D eigenvalue weighted by Crippen LogP contribution is -2.07. The Bertz CT molecular complexity index is 626. The maximum Gasteiger partial charge on any atom is 0.338 e. The van der Waals surface area contributed by atoms with Crippen LogP contribution in [0.3, 0.4) is 0 Å². The zero-order chi connectivity index (χ0) is 14.0. The molecular formula is C14H11BrClNO2. The number of esters is 1. The Morgan fingerprint density at radius 2 is 1.95 bits per heavy atom. The molecule has 0 atom stereocenters. The number of carbonyl (C=O) groups is 1. The van der Waals surface area contributed by atoms with Gasteiger partial charge in [0.15, 0.2) is 0 Å². The lowest BCUT2D eigenvalue weighted by Gasteiger charge is -2.12. The smallest absolute Gasteiger partial charge is 0.338 e. The summed E-state index contributed by atoms with van der Waals surface area (Å²) in [5.41, 5.74) is 2.60. The summed E-state index contributed by atoms with van der Waals surface area (Å²) in [7, 11) is 1.35. The SMILES string of the molecule is COC(=O)c1c(C)cnc(Cl)c1-c1ccc(Br)cc1. The molecular weight excluding hydrogens is 330 g/mol. The van der Waals surface area contributed by atoms with Gasteiger partial charge < -0.3 is 4.74 Å². The van der Waals surface area contributed by atoms with Gasteiger partial charge in [-0.2, -0.15) is 0 Å². The van der Waals surface area contributed by atoms with Crippen LogP contribution in [0.1, 0.15) is 15.9 Å². The first kappa shape index (κ1) is 14.0. The number of halogens is 2. The molecule has 1 heterocycles. The van der Waals surface area contributed by atoms with Gasteiger partial charge in [-0.05, 0) is 30.2 Å². The number of rotatable bonds is 2. The Labute approximate surface area is 124 Å². The summed E-state index contributed by atoms with van der Waals surface area (Å²) >= 11 is 9.52. The van der Waals surface area contributed by atoms with Crippen LogP contribution in [0.5, 0.6) is 0 Å². The van der Waals surface area contributed by atoms with Crippen molar-refractivity contribution in [3.8, 4) is 11.1 Å². The van der Waals surface area contributed by atoms with E-state index in [0.717, 1.165) is 15.6 Å². The molecule has 0 spiro atoms. The molecule has 19 heavy (non-hydrogen) atoms. The first-order chi connectivity index (χ1) is 9.04. The summed E-state index contributed by atoms with van der Waals surface area (Å²) < 4.78 is 5.77. The average molecular weight is 341 g/mol. The third kappa shape index (κ3) is 2.80. The zero-order valence-corrected chi connectivity index (χ0v) is 12.7. The molecule has 2 rings (SSSR count). The van der Waals surface area contributed by atoms with Crippen molar-refractivity contribution in [1.29, 1.82) is 0 Å². The summed E-state index contributed by atoms with van der Waals surface area (Å²) in [4.78, 5) is 16.0. The summed E-state index contributed by atoms with van der Waals surface area (Å²) in [6, 6.07) is 7.52. The predicted octanol–water partition coefficient (Wildman–Crippen LogP) is 4.26. The van der Waals surface area contributed by atoms with Crippen molar-refractivity contribution in [3.05, 3.63) is 51.2 Å².